The second-order valence-corrected chi connectivity index (χ2v) is 4.05. The van der Waals surface area contributed by atoms with Gasteiger partial charge in [0.25, 0.3) is 0 Å². The van der Waals surface area contributed by atoms with Crippen LogP contribution in [0, 0.1) is 0 Å². The van der Waals surface area contributed by atoms with E-state index >= 15 is 0 Å². The van der Waals surface area contributed by atoms with E-state index in [1.807, 2.05) is 0 Å². The van der Waals surface area contributed by atoms with Gasteiger partial charge in [-0.25, -0.2) is 0 Å². The highest BCUT2D eigenvalue weighted by Gasteiger charge is 2.48. The maximum atomic E-state index is 9.32. The van der Waals surface area contributed by atoms with Gasteiger partial charge in [-0.1, -0.05) is 0 Å². The van der Waals surface area contributed by atoms with E-state index in [1.54, 1.807) is 0 Å². The van der Waals surface area contributed by atoms with Gasteiger partial charge in [0.15, 0.2) is 0 Å². The normalized spacial score (nSPS) is 42.0. The van der Waals surface area contributed by atoms with Crippen molar-refractivity contribution in [3.05, 3.63) is 0 Å². The molecular weight excluding hydrogens is 154 g/mol. The summed E-state index contributed by atoms with van der Waals surface area (Å²) in [5.41, 5.74) is 0.0490. The van der Waals surface area contributed by atoms with Crippen LogP contribution in [0.25, 0.3) is 0 Å². The van der Waals surface area contributed by atoms with Crippen LogP contribution in [0.15, 0.2) is 0 Å². The van der Waals surface area contributed by atoms with Gasteiger partial charge in [-0.15, -0.1) is 0 Å². The van der Waals surface area contributed by atoms with Gasteiger partial charge in [-0.3, -0.25) is 4.90 Å². The second-order valence-electron chi connectivity index (χ2n) is 4.05. The number of aliphatic hydroxyl groups is 2. The van der Waals surface area contributed by atoms with Crippen molar-refractivity contribution in [1.29, 1.82) is 0 Å². The predicted octanol–water partition coefficient (Wildman–Crippen LogP) is -0.0320. The summed E-state index contributed by atoms with van der Waals surface area (Å²) < 4.78 is 0. The molecule has 2 heterocycles. The van der Waals surface area contributed by atoms with Crippen molar-refractivity contribution in [2.45, 2.75) is 37.3 Å². The molecule has 2 saturated heterocycles. The van der Waals surface area contributed by atoms with E-state index in [0.717, 1.165) is 25.8 Å². The van der Waals surface area contributed by atoms with E-state index in [9.17, 15) is 5.11 Å². The van der Waals surface area contributed by atoms with E-state index in [1.165, 1.54) is 6.42 Å². The number of fused-ring (bicyclic) bond motifs is 1. The first-order valence-corrected chi connectivity index (χ1v) is 4.81. The Hall–Kier alpha value is -0.120. The molecule has 0 aromatic carbocycles. The lowest BCUT2D eigenvalue weighted by atomic mass is 9.95. The van der Waals surface area contributed by atoms with Crippen molar-refractivity contribution in [3.63, 3.8) is 0 Å². The van der Waals surface area contributed by atoms with Crippen LogP contribution in [-0.4, -0.2) is 46.5 Å². The Balaban J connectivity index is 2.14. The van der Waals surface area contributed by atoms with Gasteiger partial charge in [0.05, 0.1) is 13.2 Å². The summed E-state index contributed by atoms with van der Waals surface area (Å²) in [5.74, 6) is 0. The first-order chi connectivity index (χ1) is 5.82. The summed E-state index contributed by atoms with van der Waals surface area (Å²) in [7, 11) is 0. The summed E-state index contributed by atoms with van der Waals surface area (Å²) >= 11 is 0. The zero-order valence-electron chi connectivity index (χ0n) is 7.37. The van der Waals surface area contributed by atoms with E-state index in [0.29, 0.717) is 6.04 Å². The van der Waals surface area contributed by atoms with Crippen LogP contribution in [0.4, 0.5) is 0 Å². The van der Waals surface area contributed by atoms with Gasteiger partial charge in [-0.2, -0.15) is 0 Å². The summed E-state index contributed by atoms with van der Waals surface area (Å²) in [6.07, 6.45) is 4.41. The summed E-state index contributed by atoms with van der Waals surface area (Å²) in [6, 6.07) is 0.319. The van der Waals surface area contributed by atoms with Crippen LogP contribution in [0.1, 0.15) is 25.7 Å². The van der Waals surface area contributed by atoms with Gasteiger partial charge in [0.2, 0.25) is 0 Å². The Bertz CT molecular complexity index is 174. The third-order valence-corrected chi connectivity index (χ3v) is 3.54. The smallest absolute Gasteiger partial charge is 0.0615 e. The van der Waals surface area contributed by atoms with Gasteiger partial charge in [0.1, 0.15) is 0 Å². The minimum absolute atomic E-state index is 0.0490. The van der Waals surface area contributed by atoms with Gasteiger partial charge in [-0.05, 0) is 32.2 Å². The van der Waals surface area contributed by atoms with Gasteiger partial charge in [0, 0.05) is 11.6 Å². The minimum Gasteiger partial charge on any atom is -0.395 e. The molecule has 3 nitrogen and oxygen atoms in total. The zero-order chi connectivity index (χ0) is 8.60. The molecule has 2 unspecified atom stereocenters. The van der Waals surface area contributed by atoms with Crippen LogP contribution >= 0.6 is 0 Å². The fourth-order valence-electron chi connectivity index (χ4n) is 2.83. The molecule has 0 aromatic heterocycles. The Morgan fingerprint density at radius 1 is 1.33 bits per heavy atom. The highest BCUT2D eigenvalue weighted by Crippen LogP contribution is 2.41. The van der Waals surface area contributed by atoms with Crippen molar-refractivity contribution in [3.8, 4) is 0 Å². The summed E-state index contributed by atoms with van der Waals surface area (Å²) in [4.78, 5) is 2.31. The molecule has 2 atom stereocenters. The molecule has 70 valence electrons. The Morgan fingerprint density at radius 2 is 2.17 bits per heavy atom. The van der Waals surface area contributed by atoms with E-state index < -0.39 is 0 Å². The van der Waals surface area contributed by atoms with E-state index in [2.05, 4.69) is 4.90 Å². The van der Waals surface area contributed by atoms with Crippen molar-refractivity contribution in [2.75, 3.05) is 19.8 Å². The fourth-order valence-corrected chi connectivity index (χ4v) is 2.83. The Labute approximate surface area is 73.0 Å². The maximum absolute atomic E-state index is 9.32. The molecule has 0 saturated carbocycles. The molecule has 0 bridgehead atoms. The number of hydrogen-bond acceptors (Lipinski definition) is 3. The summed E-state index contributed by atoms with van der Waals surface area (Å²) in [5, 5.41) is 18.4. The average Bonchev–Trinajstić information content (AvgIpc) is 2.61. The fraction of sp³-hybridized carbons (Fsp3) is 1.00. The molecule has 2 rings (SSSR count). The minimum atomic E-state index is 0.0490. The number of rotatable bonds is 2. The van der Waals surface area contributed by atoms with Crippen LogP contribution in [0.3, 0.4) is 0 Å². The highest BCUT2D eigenvalue weighted by molar-refractivity contribution is 5.03. The second kappa shape index (κ2) is 2.98. The number of nitrogens with zero attached hydrogens (tertiary/aromatic N) is 1. The number of aliphatic hydroxyl groups excluding tert-OH is 2. The lowest BCUT2D eigenvalue weighted by Crippen LogP contribution is -2.46. The molecule has 0 aromatic rings. The van der Waals surface area contributed by atoms with E-state index in [4.69, 9.17) is 5.11 Å². The lowest BCUT2D eigenvalue weighted by Gasteiger charge is -2.32. The van der Waals surface area contributed by atoms with Crippen molar-refractivity contribution in [1.82, 2.24) is 4.90 Å². The maximum Gasteiger partial charge on any atom is 0.0615 e. The SMILES string of the molecule is OCC1CCC2(CO)CCCN12. The number of hydrogen-bond donors (Lipinski definition) is 2. The highest BCUT2D eigenvalue weighted by atomic mass is 16.3. The third-order valence-electron chi connectivity index (χ3n) is 3.54. The zero-order valence-corrected chi connectivity index (χ0v) is 7.37. The predicted molar refractivity (Wildman–Crippen MR) is 45.9 cm³/mol. The van der Waals surface area contributed by atoms with Crippen LogP contribution in [0.2, 0.25) is 0 Å². The van der Waals surface area contributed by atoms with Crippen LogP contribution < -0.4 is 0 Å². The third kappa shape index (κ3) is 1.00. The Kier molecular flexibility index (Phi) is 2.10. The molecule has 0 amide bonds. The van der Waals surface area contributed by atoms with Crippen LogP contribution in [-0.2, 0) is 0 Å². The summed E-state index contributed by atoms with van der Waals surface area (Å²) in [6.45, 7) is 1.58. The largest absolute Gasteiger partial charge is 0.395 e. The topological polar surface area (TPSA) is 43.7 Å². The average molecular weight is 171 g/mol. The molecule has 0 aliphatic carbocycles. The standard InChI is InChI=1S/C9H17NO2/c11-6-8-2-4-9(7-12)3-1-5-10(8)9/h8,11-12H,1-7H2. The molecule has 2 aliphatic heterocycles. The molecule has 2 fully saturated rings. The molecule has 12 heavy (non-hydrogen) atoms. The molecule has 2 N–H and O–H groups in total. The first-order valence-electron chi connectivity index (χ1n) is 4.81. The lowest BCUT2D eigenvalue weighted by molar-refractivity contribution is 0.0590. The van der Waals surface area contributed by atoms with Crippen molar-refractivity contribution >= 4 is 0 Å². The molecular formula is C9H17NO2. The first kappa shape index (κ1) is 8.48. The molecule has 3 heteroatoms. The monoisotopic (exact) mass is 171 g/mol. The molecule has 2 aliphatic rings. The molecule has 0 radical (unpaired) electrons. The van der Waals surface area contributed by atoms with E-state index in [-0.39, 0.29) is 18.8 Å². The van der Waals surface area contributed by atoms with Crippen LogP contribution in [0.5, 0.6) is 0 Å². The quantitative estimate of drug-likeness (QED) is 0.613. The van der Waals surface area contributed by atoms with Crippen molar-refractivity contribution < 1.29 is 10.2 Å². The van der Waals surface area contributed by atoms with Gasteiger partial charge < -0.3 is 10.2 Å². The van der Waals surface area contributed by atoms with Gasteiger partial charge >= 0.3 is 0 Å². The van der Waals surface area contributed by atoms with Crippen molar-refractivity contribution in [2.24, 2.45) is 0 Å². The molecule has 0 spiro atoms. The Morgan fingerprint density at radius 3 is 2.83 bits per heavy atom.